The minimum atomic E-state index is -0.503. The van der Waals surface area contributed by atoms with Crippen LogP contribution in [0.2, 0.25) is 0 Å². The van der Waals surface area contributed by atoms with Gasteiger partial charge in [0.25, 0.3) is 5.91 Å². The smallest absolute Gasteiger partial charge is 0.266 e. The molecule has 4 aromatic rings. The third kappa shape index (κ3) is 5.83. The number of nitrogens with one attached hydrogen (secondary N) is 1. The van der Waals surface area contributed by atoms with Crippen LogP contribution in [0, 0.1) is 11.3 Å². The molecule has 6 nitrogen and oxygen atoms in total. The fourth-order valence-electron chi connectivity index (χ4n) is 3.76. The number of hydrogen-bond acceptors (Lipinski definition) is 5. The van der Waals surface area contributed by atoms with E-state index in [9.17, 15) is 10.1 Å². The Labute approximate surface area is 210 Å². The van der Waals surface area contributed by atoms with Crippen molar-refractivity contribution in [3.8, 4) is 23.3 Å². The summed E-state index contributed by atoms with van der Waals surface area (Å²) >= 11 is 0. The third-order valence-electron chi connectivity index (χ3n) is 5.55. The molecule has 36 heavy (non-hydrogen) atoms. The van der Waals surface area contributed by atoms with Crippen LogP contribution < -0.4 is 19.5 Å². The van der Waals surface area contributed by atoms with Gasteiger partial charge in [0.05, 0.1) is 13.7 Å². The molecule has 0 spiro atoms. The van der Waals surface area contributed by atoms with Crippen molar-refractivity contribution in [1.29, 1.82) is 5.26 Å². The summed E-state index contributed by atoms with van der Waals surface area (Å²) in [5.41, 5.74) is 2.26. The Hall–Kier alpha value is -4.76. The Bertz CT molecular complexity index is 1430. The summed E-state index contributed by atoms with van der Waals surface area (Å²) in [5, 5.41) is 14.6. The predicted molar refractivity (Wildman–Crippen MR) is 141 cm³/mol. The van der Waals surface area contributed by atoms with E-state index in [4.69, 9.17) is 14.2 Å². The average Bonchev–Trinajstić information content (AvgIpc) is 2.91. The zero-order valence-electron chi connectivity index (χ0n) is 20.2. The van der Waals surface area contributed by atoms with E-state index in [2.05, 4.69) is 23.5 Å². The Morgan fingerprint density at radius 2 is 1.72 bits per heavy atom. The van der Waals surface area contributed by atoms with Crippen molar-refractivity contribution in [2.24, 2.45) is 0 Å². The molecule has 0 heterocycles. The van der Waals surface area contributed by atoms with E-state index in [0.717, 1.165) is 16.3 Å². The predicted octanol–water partition coefficient (Wildman–Crippen LogP) is 6.37. The molecular weight excluding hydrogens is 452 g/mol. The molecule has 0 radical (unpaired) electrons. The van der Waals surface area contributed by atoms with Crippen molar-refractivity contribution < 1.29 is 19.0 Å². The lowest BCUT2D eigenvalue weighted by Crippen LogP contribution is -2.13. The molecule has 4 rings (SSSR count). The van der Waals surface area contributed by atoms with Crippen LogP contribution >= 0.6 is 0 Å². The first-order chi connectivity index (χ1) is 17.6. The second-order valence-electron chi connectivity index (χ2n) is 7.92. The number of fused-ring (bicyclic) bond motifs is 1. The minimum absolute atomic E-state index is 0.0299. The summed E-state index contributed by atoms with van der Waals surface area (Å²) in [6.45, 7) is 2.71. The number of carbonyl (C=O) groups is 1. The van der Waals surface area contributed by atoms with Gasteiger partial charge >= 0.3 is 0 Å². The van der Waals surface area contributed by atoms with Crippen molar-refractivity contribution in [3.63, 3.8) is 0 Å². The maximum absolute atomic E-state index is 12.7. The number of ether oxygens (including phenoxy) is 3. The number of methoxy groups -OCH3 is 1. The molecule has 0 saturated heterocycles. The van der Waals surface area contributed by atoms with E-state index in [1.165, 1.54) is 6.08 Å². The Morgan fingerprint density at radius 3 is 2.47 bits per heavy atom. The summed E-state index contributed by atoms with van der Waals surface area (Å²) in [5.74, 6) is 1.30. The monoisotopic (exact) mass is 478 g/mol. The lowest BCUT2D eigenvalue weighted by atomic mass is 10.1. The largest absolute Gasteiger partial charge is 0.497 e. The van der Waals surface area contributed by atoms with E-state index in [0.29, 0.717) is 41.7 Å². The highest BCUT2D eigenvalue weighted by molar-refractivity contribution is 6.09. The number of rotatable bonds is 9. The highest BCUT2D eigenvalue weighted by atomic mass is 16.5. The number of benzene rings is 4. The molecule has 0 aliphatic rings. The van der Waals surface area contributed by atoms with Gasteiger partial charge in [-0.3, -0.25) is 4.79 Å². The topological polar surface area (TPSA) is 80.6 Å². The SMILES string of the molecule is CCOc1cc(/C=C(/C#N)C(=O)Nc2ccc(OC)cc2)ccc1OCc1cccc2ccccc12. The summed E-state index contributed by atoms with van der Waals surface area (Å²) in [6.07, 6.45) is 1.52. The van der Waals surface area contributed by atoms with Gasteiger partial charge in [-0.05, 0) is 71.3 Å². The van der Waals surface area contributed by atoms with E-state index < -0.39 is 5.91 Å². The molecular formula is C30H26N2O4. The molecule has 4 aromatic carbocycles. The Morgan fingerprint density at radius 1 is 0.944 bits per heavy atom. The summed E-state index contributed by atoms with van der Waals surface area (Å²) in [7, 11) is 1.57. The first-order valence-corrected chi connectivity index (χ1v) is 11.5. The molecule has 0 unspecified atom stereocenters. The van der Waals surface area contributed by atoms with Crippen molar-refractivity contribution in [3.05, 3.63) is 102 Å². The van der Waals surface area contributed by atoms with Gasteiger partial charge in [-0.25, -0.2) is 0 Å². The van der Waals surface area contributed by atoms with Crippen LogP contribution in [0.3, 0.4) is 0 Å². The molecule has 0 bridgehead atoms. The maximum atomic E-state index is 12.7. The fraction of sp³-hybridized carbons (Fsp3) is 0.133. The molecule has 0 atom stereocenters. The van der Waals surface area contributed by atoms with Gasteiger partial charge < -0.3 is 19.5 Å². The van der Waals surface area contributed by atoms with E-state index in [1.807, 2.05) is 37.3 Å². The Balaban J connectivity index is 1.52. The van der Waals surface area contributed by atoms with Crippen LogP contribution in [0.1, 0.15) is 18.1 Å². The van der Waals surface area contributed by atoms with Gasteiger partial charge in [0.15, 0.2) is 11.5 Å². The van der Waals surface area contributed by atoms with Gasteiger partial charge in [0, 0.05) is 5.69 Å². The third-order valence-corrected chi connectivity index (χ3v) is 5.55. The number of amides is 1. The van der Waals surface area contributed by atoms with Gasteiger partial charge in [0.2, 0.25) is 0 Å². The highest BCUT2D eigenvalue weighted by Gasteiger charge is 2.12. The molecule has 0 saturated carbocycles. The van der Waals surface area contributed by atoms with Crippen LogP contribution in [-0.2, 0) is 11.4 Å². The molecule has 0 fully saturated rings. The van der Waals surface area contributed by atoms with Crippen molar-refractivity contribution in [2.45, 2.75) is 13.5 Å². The molecule has 1 amide bonds. The molecule has 0 aliphatic heterocycles. The fourth-order valence-corrected chi connectivity index (χ4v) is 3.76. The number of anilines is 1. The summed E-state index contributed by atoms with van der Waals surface area (Å²) in [4.78, 5) is 12.7. The van der Waals surface area contributed by atoms with Crippen LogP contribution in [0.5, 0.6) is 17.2 Å². The second-order valence-corrected chi connectivity index (χ2v) is 7.92. The molecule has 0 aliphatic carbocycles. The van der Waals surface area contributed by atoms with Gasteiger partial charge in [-0.1, -0.05) is 48.5 Å². The molecule has 1 N–H and O–H groups in total. The maximum Gasteiger partial charge on any atom is 0.266 e. The number of hydrogen-bond donors (Lipinski definition) is 1. The van der Waals surface area contributed by atoms with E-state index in [-0.39, 0.29) is 5.57 Å². The molecule has 6 heteroatoms. The molecule has 180 valence electrons. The zero-order chi connectivity index (χ0) is 25.3. The normalized spacial score (nSPS) is 11.0. The van der Waals surface area contributed by atoms with Crippen molar-refractivity contribution >= 4 is 28.4 Å². The van der Waals surface area contributed by atoms with Crippen LogP contribution in [0.15, 0.2) is 90.5 Å². The lowest BCUT2D eigenvalue weighted by molar-refractivity contribution is -0.112. The van der Waals surface area contributed by atoms with Crippen molar-refractivity contribution in [1.82, 2.24) is 0 Å². The summed E-state index contributed by atoms with van der Waals surface area (Å²) < 4.78 is 17.0. The Kier molecular flexibility index (Phi) is 7.84. The zero-order valence-corrected chi connectivity index (χ0v) is 20.2. The van der Waals surface area contributed by atoms with Crippen molar-refractivity contribution in [2.75, 3.05) is 19.0 Å². The van der Waals surface area contributed by atoms with Crippen LogP contribution in [-0.4, -0.2) is 19.6 Å². The standard InChI is InChI=1S/C30H26N2O4/c1-3-35-29-18-21(17-24(19-31)30(33)32-25-12-14-26(34-2)15-13-25)11-16-28(29)36-20-23-9-6-8-22-7-4-5-10-27(22)23/h4-18H,3,20H2,1-2H3,(H,32,33)/b24-17-. The van der Waals surface area contributed by atoms with E-state index >= 15 is 0 Å². The van der Waals surface area contributed by atoms with E-state index in [1.54, 1.807) is 49.6 Å². The summed E-state index contributed by atoms with van der Waals surface area (Å²) in [6, 6.07) is 28.5. The van der Waals surface area contributed by atoms with Gasteiger partial charge in [-0.2, -0.15) is 5.26 Å². The van der Waals surface area contributed by atoms with Gasteiger partial charge in [0.1, 0.15) is 24.0 Å². The first-order valence-electron chi connectivity index (χ1n) is 11.5. The van der Waals surface area contributed by atoms with Crippen LogP contribution in [0.25, 0.3) is 16.8 Å². The number of nitrogens with zero attached hydrogens (tertiary/aromatic N) is 1. The minimum Gasteiger partial charge on any atom is -0.497 e. The number of nitriles is 1. The number of carbonyl (C=O) groups excluding carboxylic acids is 1. The van der Waals surface area contributed by atoms with Gasteiger partial charge in [-0.15, -0.1) is 0 Å². The highest BCUT2D eigenvalue weighted by Crippen LogP contribution is 2.31. The molecule has 0 aromatic heterocycles. The first kappa shape index (κ1) is 24.4. The average molecular weight is 479 g/mol. The lowest BCUT2D eigenvalue weighted by Gasteiger charge is -2.14. The van der Waals surface area contributed by atoms with Crippen LogP contribution in [0.4, 0.5) is 5.69 Å². The second kappa shape index (κ2) is 11.6. The quantitative estimate of drug-likeness (QED) is 0.223.